The minimum Gasteiger partial charge on any atom is -0.368 e. The quantitative estimate of drug-likeness (QED) is 0.604. The van der Waals surface area contributed by atoms with Crippen LogP contribution in [0, 0.1) is 0 Å². The number of amides is 2. The van der Waals surface area contributed by atoms with E-state index in [1.807, 2.05) is 48.5 Å². The standard InChI is InChI=1S/C17H22N4O2S/c22-17(20-11-10-19-16-8-4-5-9-18-16)21-12-13-24(23)14-15-6-2-1-3-7-15/h1-9H,10-14H2,(H,18,19)(H2,20,21,22). The first kappa shape index (κ1) is 17.9. The number of rotatable bonds is 9. The van der Waals surface area contributed by atoms with Gasteiger partial charge in [0.05, 0.1) is 0 Å². The molecule has 24 heavy (non-hydrogen) atoms. The molecule has 0 radical (unpaired) electrons. The number of urea groups is 1. The Morgan fingerprint density at radius 1 is 0.958 bits per heavy atom. The van der Waals surface area contributed by atoms with Gasteiger partial charge in [-0.25, -0.2) is 9.78 Å². The molecule has 1 atom stereocenters. The average Bonchev–Trinajstić information content (AvgIpc) is 2.60. The molecule has 0 aliphatic carbocycles. The summed E-state index contributed by atoms with van der Waals surface area (Å²) in [7, 11) is -0.983. The van der Waals surface area contributed by atoms with Gasteiger partial charge in [0.15, 0.2) is 0 Å². The molecule has 0 saturated carbocycles. The molecule has 3 N–H and O–H groups in total. The van der Waals surface area contributed by atoms with E-state index in [4.69, 9.17) is 0 Å². The van der Waals surface area contributed by atoms with Crippen LogP contribution in [0.3, 0.4) is 0 Å². The van der Waals surface area contributed by atoms with Crippen LogP contribution in [0.25, 0.3) is 0 Å². The van der Waals surface area contributed by atoms with Gasteiger partial charge in [-0.1, -0.05) is 36.4 Å². The van der Waals surface area contributed by atoms with E-state index in [1.165, 1.54) is 0 Å². The second-order valence-electron chi connectivity index (χ2n) is 5.10. The van der Waals surface area contributed by atoms with E-state index in [0.717, 1.165) is 11.4 Å². The molecule has 1 aromatic carbocycles. The number of anilines is 1. The van der Waals surface area contributed by atoms with Crippen LogP contribution in [-0.2, 0) is 16.6 Å². The van der Waals surface area contributed by atoms with Crippen LogP contribution < -0.4 is 16.0 Å². The Hall–Kier alpha value is -2.41. The molecule has 0 saturated heterocycles. The summed E-state index contributed by atoms with van der Waals surface area (Å²) in [6, 6.07) is 15.0. The molecule has 0 aliphatic rings. The number of aromatic nitrogens is 1. The molecule has 1 aromatic heterocycles. The Morgan fingerprint density at radius 2 is 1.71 bits per heavy atom. The first-order valence-corrected chi connectivity index (χ1v) is 9.28. The van der Waals surface area contributed by atoms with Crippen LogP contribution in [0.4, 0.5) is 10.6 Å². The molecule has 2 rings (SSSR count). The lowest BCUT2D eigenvalue weighted by atomic mass is 10.2. The maximum Gasteiger partial charge on any atom is 0.314 e. The summed E-state index contributed by atoms with van der Waals surface area (Å²) in [6.45, 7) is 1.46. The predicted octanol–water partition coefficient (Wildman–Crippen LogP) is 1.74. The Balaban J connectivity index is 1.52. The third-order valence-electron chi connectivity index (χ3n) is 3.17. The van der Waals surface area contributed by atoms with Crippen molar-refractivity contribution in [2.45, 2.75) is 5.75 Å². The molecule has 7 heteroatoms. The van der Waals surface area contributed by atoms with E-state index in [1.54, 1.807) is 6.20 Å². The highest BCUT2D eigenvalue weighted by Gasteiger charge is 2.03. The lowest BCUT2D eigenvalue weighted by Crippen LogP contribution is -2.39. The van der Waals surface area contributed by atoms with Crippen molar-refractivity contribution in [2.75, 3.05) is 30.7 Å². The van der Waals surface area contributed by atoms with Crippen LogP contribution in [0.5, 0.6) is 0 Å². The van der Waals surface area contributed by atoms with E-state index in [9.17, 15) is 9.00 Å². The molecule has 0 aliphatic heterocycles. The summed E-state index contributed by atoms with van der Waals surface area (Å²) >= 11 is 0. The van der Waals surface area contributed by atoms with E-state index < -0.39 is 10.8 Å². The third-order valence-corrected chi connectivity index (χ3v) is 4.48. The highest BCUT2D eigenvalue weighted by Crippen LogP contribution is 2.02. The van der Waals surface area contributed by atoms with Gasteiger partial charge in [0, 0.05) is 48.1 Å². The number of nitrogens with zero attached hydrogens (tertiary/aromatic N) is 1. The lowest BCUT2D eigenvalue weighted by Gasteiger charge is -2.09. The highest BCUT2D eigenvalue weighted by molar-refractivity contribution is 7.84. The zero-order valence-corrected chi connectivity index (χ0v) is 14.2. The van der Waals surface area contributed by atoms with Crippen LogP contribution in [0.1, 0.15) is 5.56 Å². The maximum absolute atomic E-state index is 11.9. The van der Waals surface area contributed by atoms with Crippen LogP contribution in [0.2, 0.25) is 0 Å². The van der Waals surface area contributed by atoms with Gasteiger partial charge in [0.25, 0.3) is 0 Å². The number of hydrogen-bond donors (Lipinski definition) is 3. The second-order valence-corrected chi connectivity index (χ2v) is 6.67. The second kappa shape index (κ2) is 10.4. The topological polar surface area (TPSA) is 83.1 Å². The maximum atomic E-state index is 11.9. The van der Waals surface area contributed by atoms with Crippen molar-refractivity contribution < 1.29 is 9.00 Å². The molecule has 0 bridgehead atoms. The number of benzene rings is 1. The largest absolute Gasteiger partial charge is 0.368 e. The molecule has 1 heterocycles. The fraction of sp³-hybridized carbons (Fsp3) is 0.294. The predicted molar refractivity (Wildman–Crippen MR) is 97.3 cm³/mol. The lowest BCUT2D eigenvalue weighted by molar-refractivity contribution is 0.242. The van der Waals surface area contributed by atoms with Crippen molar-refractivity contribution in [1.29, 1.82) is 0 Å². The summed E-state index contributed by atoms with van der Waals surface area (Å²) in [5.41, 5.74) is 1.04. The number of pyridine rings is 1. The Bertz CT molecular complexity index is 638. The van der Waals surface area contributed by atoms with Gasteiger partial charge in [0.2, 0.25) is 0 Å². The Morgan fingerprint density at radius 3 is 2.46 bits per heavy atom. The van der Waals surface area contributed by atoms with Crippen LogP contribution in [-0.4, -0.2) is 40.6 Å². The Labute approximate surface area is 144 Å². The fourth-order valence-electron chi connectivity index (χ4n) is 2.01. The van der Waals surface area contributed by atoms with Gasteiger partial charge >= 0.3 is 6.03 Å². The summed E-state index contributed by atoms with van der Waals surface area (Å²) in [5.74, 6) is 1.73. The first-order chi connectivity index (χ1) is 11.7. The van der Waals surface area contributed by atoms with Crippen molar-refractivity contribution >= 4 is 22.6 Å². The van der Waals surface area contributed by atoms with Gasteiger partial charge in [-0.2, -0.15) is 0 Å². The molecule has 128 valence electrons. The monoisotopic (exact) mass is 346 g/mol. The molecular weight excluding hydrogens is 324 g/mol. The summed E-state index contributed by atoms with van der Waals surface area (Å²) in [5, 5.41) is 8.55. The number of carbonyl (C=O) groups excluding carboxylic acids is 1. The van der Waals surface area contributed by atoms with Gasteiger partial charge in [-0.15, -0.1) is 0 Å². The van der Waals surface area contributed by atoms with Crippen molar-refractivity contribution in [3.8, 4) is 0 Å². The van der Waals surface area contributed by atoms with Crippen molar-refractivity contribution in [3.63, 3.8) is 0 Å². The van der Waals surface area contributed by atoms with Crippen molar-refractivity contribution in [2.24, 2.45) is 0 Å². The highest BCUT2D eigenvalue weighted by atomic mass is 32.2. The van der Waals surface area contributed by atoms with E-state index >= 15 is 0 Å². The zero-order valence-electron chi connectivity index (χ0n) is 13.4. The summed E-state index contributed by atoms with van der Waals surface area (Å²) < 4.78 is 11.9. The number of carbonyl (C=O) groups is 1. The molecule has 0 fully saturated rings. The summed E-state index contributed by atoms with van der Waals surface area (Å²) in [4.78, 5) is 15.8. The van der Waals surface area contributed by atoms with E-state index in [0.29, 0.717) is 31.1 Å². The molecular formula is C17H22N4O2S. The number of hydrogen-bond acceptors (Lipinski definition) is 4. The minimum absolute atomic E-state index is 0.255. The molecule has 2 aromatic rings. The van der Waals surface area contributed by atoms with Crippen LogP contribution in [0.15, 0.2) is 54.7 Å². The molecule has 1 unspecified atom stereocenters. The smallest absolute Gasteiger partial charge is 0.314 e. The van der Waals surface area contributed by atoms with Crippen molar-refractivity contribution in [3.05, 3.63) is 60.3 Å². The van der Waals surface area contributed by atoms with Gasteiger partial charge in [-0.05, 0) is 17.7 Å². The molecule has 2 amide bonds. The number of nitrogens with one attached hydrogen (secondary N) is 3. The first-order valence-electron chi connectivity index (χ1n) is 7.79. The summed E-state index contributed by atoms with van der Waals surface area (Å²) in [6.07, 6.45) is 1.71. The molecule has 6 nitrogen and oxygen atoms in total. The minimum atomic E-state index is -0.983. The van der Waals surface area contributed by atoms with Crippen molar-refractivity contribution in [1.82, 2.24) is 15.6 Å². The van der Waals surface area contributed by atoms with Gasteiger partial charge in [0.1, 0.15) is 5.82 Å². The van der Waals surface area contributed by atoms with Gasteiger partial charge < -0.3 is 16.0 Å². The normalized spacial score (nSPS) is 11.5. The SMILES string of the molecule is O=C(NCCNc1ccccn1)NCCS(=O)Cc1ccccc1. The molecule has 0 spiro atoms. The van der Waals surface area contributed by atoms with E-state index in [2.05, 4.69) is 20.9 Å². The van der Waals surface area contributed by atoms with E-state index in [-0.39, 0.29) is 6.03 Å². The Kier molecular flexibility index (Phi) is 7.76. The third kappa shape index (κ3) is 7.23. The fourth-order valence-corrected chi connectivity index (χ4v) is 3.05. The zero-order chi connectivity index (χ0) is 17.0. The van der Waals surface area contributed by atoms with Gasteiger partial charge in [-0.3, -0.25) is 4.21 Å². The van der Waals surface area contributed by atoms with Crippen LogP contribution >= 0.6 is 0 Å². The average molecular weight is 346 g/mol.